The largest absolute Gasteiger partial charge is 0.481 e. The topological polar surface area (TPSA) is 72.4 Å². The first-order valence-electron chi connectivity index (χ1n) is 7.67. The lowest BCUT2D eigenvalue weighted by Gasteiger charge is -2.32. The Morgan fingerprint density at radius 2 is 2.26 bits per heavy atom. The van der Waals surface area contributed by atoms with E-state index in [1.807, 2.05) is 12.3 Å². The fraction of sp³-hybridized carbons (Fsp3) is 0.438. The van der Waals surface area contributed by atoms with E-state index in [1.54, 1.807) is 19.4 Å². The van der Waals surface area contributed by atoms with Crippen molar-refractivity contribution in [2.45, 2.75) is 19.6 Å². The minimum absolute atomic E-state index is 0.247. The molecule has 23 heavy (non-hydrogen) atoms. The van der Waals surface area contributed by atoms with Gasteiger partial charge in [0, 0.05) is 38.1 Å². The van der Waals surface area contributed by atoms with Crippen LogP contribution in [0.2, 0.25) is 0 Å². The van der Waals surface area contributed by atoms with E-state index in [-0.39, 0.29) is 6.10 Å². The molecule has 0 aromatic carbocycles. The van der Waals surface area contributed by atoms with Gasteiger partial charge in [-0.2, -0.15) is 4.98 Å². The molecule has 1 unspecified atom stereocenters. The molecule has 1 saturated heterocycles. The van der Waals surface area contributed by atoms with E-state index in [9.17, 15) is 0 Å². The standard InChI is InChI=1S/C16H21N5O2/c1-12-11-21(7-8-23-12)14-4-3-13(9-18-14)10-19-16-17-6-5-15(20-16)22-2/h3-6,9,12H,7-8,10-11H2,1-2H3,(H,17,19,20). The number of aromatic nitrogens is 3. The lowest BCUT2D eigenvalue weighted by atomic mass is 10.2. The molecule has 0 amide bonds. The molecule has 1 N–H and O–H groups in total. The van der Waals surface area contributed by atoms with Crippen molar-refractivity contribution >= 4 is 11.8 Å². The summed E-state index contributed by atoms with van der Waals surface area (Å²) in [6, 6.07) is 5.82. The number of nitrogens with zero attached hydrogens (tertiary/aromatic N) is 4. The van der Waals surface area contributed by atoms with Gasteiger partial charge in [0.25, 0.3) is 0 Å². The number of ether oxygens (including phenoxy) is 2. The van der Waals surface area contributed by atoms with E-state index in [2.05, 4.69) is 38.2 Å². The first-order chi connectivity index (χ1) is 11.2. The van der Waals surface area contributed by atoms with Crippen molar-refractivity contribution in [2.75, 3.05) is 37.0 Å². The zero-order valence-corrected chi connectivity index (χ0v) is 13.4. The van der Waals surface area contributed by atoms with E-state index in [1.165, 1.54) is 0 Å². The number of nitrogens with one attached hydrogen (secondary N) is 1. The molecule has 1 aliphatic heterocycles. The van der Waals surface area contributed by atoms with Gasteiger partial charge in [-0.25, -0.2) is 9.97 Å². The highest BCUT2D eigenvalue weighted by Gasteiger charge is 2.17. The number of pyridine rings is 1. The average Bonchev–Trinajstić information content (AvgIpc) is 2.60. The quantitative estimate of drug-likeness (QED) is 0.900. The molecular weight excluding hydrogens is 294 g/mol. The summed E-state index contributed by atoms with van der Waals surface area (Å²) in [6.07, 6.45) is 3.79. The van der Waals surface area contributed by atoms with E-state index in [0.717, 1.165) is 31.1 Å². The van der Waals surface area contributed by atoms with Gasteiger partial charge in [0.15, 0.2) is 0 Å². The minimum Gasteiger partial charge on any atom is -0.481 e. The van der Waals surface area contributed by atoms with Crippen molar-refractivity contribution in [3.05, 3.63) is 36.2 Å². The van der Waals surface area contributed by atoms with Crippen LogP contribution in [0.25, 0.3) is 0 Å². The average molecular weight is 315 g/mol. The smallest absolute Gasteiger partial charge is 0.226 e. The molecule has 2 aromatic heterocycles. The van der Waals surface area contributed by atoms with Crippen molar-refractivity contribution in [3.63, 3.8) is 0 Å². The Bertz CT molecular complexity index is 635. The van der Waals surface area contributed by atoms with Crippen LogP contribution in [0.5, 0.6) is 5.88 Å². The van der Waals surface area contributed by atoms with E-state index in [4.69, 9.17) is 9.47 Å². The van der Waals surface area contributed by atoms with Crippen molar-refractivity contribution in [1.29, 1.82) is 0 Å². The summed E-state index contributed by atoms with van der Waals surface area (Å²) >= 11 is 0. The van der Waals surface area contributed by atoms with E-state index < -0.39 is 0 Å². The summed E-state index contributed by atoms with van der Waals surface area (Å²) in [4.78, 5) is 15.2. The molecule has 122 valence electrons. The van der Waals surface area contributed by atoms with Crippen molar-refractivity contribution < 1.29 is 9.47 Å². The maximum atomic E-state index is 5.56. The number of morpholine rings is 1. The zero-order valence-electron chi connectivity index (χ0n) is 13.4. The van der Waals surface area contributed by atoms with Gasteiger partial charge >= 0.3 is 0 Å². The molecule has 0 spiro atoms. The Morgan fingerprint density at radius 3 is 3.00 bits per heavy atom. The van der Waals surface area contributed by atoms with Crippen LogP contribution in [-0.4, -0.2) is 47.9 Å². The van der Waals surface area contributed by atoms with Gasteiger partial charge in [-0.1, -0.05) is 6.07 Å². The molecule has 1 aliphatic rings. The van der Waals surface area contributed by atoms with Gasteiger partial charge in [-0.05, 0) is 18.6 Å². The number of methoxy groups -OCH3 is 1. The van der Waals surface area contributed by atoms with E-state index >= 15 is 0 Å². The molecule has 3 rings (SSSR count). The van der Waals surface area contributed by atoms with Crippen molar-refractivity contribution in [2.24, 2.45) is 0 Å². The number of anilines is 2. The summed E-state index contributed by atoms with van der Waals surface area (Å²) < 4.78 is 10.6. The Morgan fingerprint density at radius 1 is 1.35 bits per heavy atom. The molecule has 0 bridgehead atoms. The van der Waals surface area contributed by atoms with Crippen LogP contribution in [0.1, 0.15) is 12.5 Å². The van der Waals surface area contributed by atoms with Crippen molar-refractivity contribution in [3.8, 4) is 5.88 Å². The highest BCUT2D eigenvalue weighted by molar-refractivity contribution is 5.40. The second-order valence-corrected chi connectivity index (χ2v) is 5.43. The maximum absolute atomic E-state index is 5.56. The zero-order chi connectivity index (χ0) is 16.1. The van der Waals surface area contributed by atoms with E-state index in [0.29, 0.717) is 18.4 Å². The fourth-order valence-electron chi connectivity index (χ4n) is 2.46. The molecule has 0 aliphatic carbocycles. The van der Waals surface area contributed by atoms with Gasteiger partial charge < -0.3 is 19.7 Å². The Labute approximate surface area is 135 Å². The van der Waals surface area contributed by atoms with Gasteiger partial charge in [0.1, 0.15) is 5.82 Å². The molecule has 1 fully saturated rings. The summed E-state index contributed by atoms with van der Waals surface area (Å²) in [7, 11) is 1.58. The summed E-state index contributed by atoms with van der Waals surface area (Å²) in [5.74, 6) is 2.06. The van der Waals surface area contributed by atoms with Crippen molar-refractivity contribution in [1.82, 2.24) is 15.0 Å². The predicted molar refractivity (Wildman–Crippen MR) is 87.8 cm³/mol. The van der Waals surface area contributed by atoms with Crippen LogP contribution >= 0.6 is 0 Å². The highest BCUT2D eigenvalue weighted by Crippen LogP contribution is 2.16. The Kier molecular flexibility index (Phi) is 4.87. The SMILES string of the molecule is COc1ccnc(NCc2ccc(N3CCOC(C)C3)nc2)n1. The number of rotatable bonds is 5. The Balaban J connectivity index is 1.59. The lowest BCUT2D eigenvalue weighted by molar-refractivity contribution is 0.0529. The van der Waals surface area contributed by atoms with Gasteiger partial charge in [0.2, 0.25) is 11.8 Å². The first-order valence-corrected chi connectivity index (χ1v) is 7.67. The maximum Gasteiger partial charge on any atom is 0.226 e. The molecule has 7 nitrogen and oxygen atoms in total. The lowest BCUT2D eigenvalue weighted by Crippen LogP contribution is -2.41. The highest BCUT2D eigenvalue weighted by atomic mass is 16.5. The number of hydrogen-bond donors (Lipinski definition) is 1. The van der Waals surface area contributed by atoms with Crippen LogP contribution in [0.3, 0.4) is 0 Å². The fourth-order valence-corrected chi connectivity index (χ4v) is 2.46. The van der Waals surface area contributed by atoms with Crippen LogP contribution in [-0.2, 0) is 11.3 Å². The third-order valence-corrected chi connectivity index (χ3v) is 3.66. The normalized spacial score (nSPS) is 17.8. The predicted octanol–water partition coefficient (Wildman–Crippen LogP) is 1.72. The molecule has 0 radical (unpaired) electrons. The third-order valence-electron chi connectivity index (χ3n) is 3.66. The number of hydrogen-bond acceptors (Lipinski definition) is 7. The monoisotopic (exact) mass is 315 g/mol. The van der Waals surface area contributed by atoms with Crippen LogP contribution < -0.4 is 15.0 Å². The van der Waals surface area contributed by atoms with Crippen LogP contribution in [0, 0.1) is 0 Å². The minimum atomic E-state index is 0.247. The van der Waals surface area contributed by atoms with Gasteiger partial charge in [0.05, 0.1) is 19.8 Å². The van der Waals surface area contributed by atoms with Gasteiger partial charge in [-0.15, -0.1) is 0 Å². The molecule has 0 saturated carbocycles. The third kappa shape index (κ3) is 4.07. The second-order valence-electron chi connectivity index (χ2n) is 5.43. The molecule has 7 heteroatoms. The summed E-state index contributed by atoms with van der Waals surface area (Å²) in [5, 5.41) is 3.17. The summed E-state index contributed by atoms with van der Waals surface area (Å²) in [5.41, 5.74) is 1.07. The summed E-state index contributed by atoms with van der Waals surface area (Å²) in [6.45, 7) is 5.20. The Hall–Kier alpha value is -2.41. The van der Waals surface area contributed by atoms with Crippen LogP contribution in [0.15, 0.2) is 30.6 Å². The molecular formula is C16H21N5O2. The van der Waals surface area contributed by atoms with Crippen LogP contribution in [0.4, 0.5) is 11.8 Å². The van der Waals surface area contributed by atoms with Gasteiger partial charge in [-0.3, -0.25) is 0 Å². The molecule has 1 atom stereocenters. The first kappa shape index (κ1) is 15.5. The second kappa shape index (κ2) is 7.23. The molecule has 2 aromatic rings. The molecule has 3 heterocycles.